The zero-order valence-electron chi connectivity index (χ0n) is 10.3. The molecule has 2 nitrogen and oxygen atoms in total. The van der Waals surface area contributed by atoms with Gasteiger partial charge in [-0.2, -0.15) is 0 Å². The van der Waals surface area contributed by atoms with Crippen molar-refractivity contribution in [3.05, 3.63) is 36.6 Å². The Morgan fingerprint density at radius 2 is 1.87 bits per heavy atom. The summed E-state index contributed by atoms with van der Waals surface area (Å²) in [6, 6.07) is 0. The van der Waals surface area contributed by atoms with Gasteiger partial charge in [-0.1, -0.05) is 32.6 Å². The fourth-order valence-electron chi connectivity index (χ4n) is 1.42. The maximum Gasteiger partial charge on any atom is 0.0361 e. The van der Waals surface area contributed by atoms with Crippen molar-refractivity contribution >= 4 is 0 Å². The van der Waals surface area contributed by atoms with Crippen LogP contribution in [0.3, 0.4) is 0 Å². The summed E-state index contributed by atoms with van der Waals surface area (Å²) in [5.41, 5.74) is 1.22. The number of nitrogens with zero attached hydrogens (tertiary/aromatic N) is 1. The molecule has 0 atom stereocenters. The summed E-state index contributed by atoms with van der Waals surface area (Å²) in [4.78, 5) is 2.35. The van der Waals surface area contributed by atoms with Crippen LogP contribution < -0.4 is 5.32 Å². The second-order valence-corrected chi connectivity index (χ2v) is 3.06. The van der Waals surface area contributed by atoms with E-state index in [9.17, 15) is 0 Å². The fraction of sp³-hybridized carbons (Fsp3) is 0.538. The van der Waals surface area contributed by atoms with Crippen LogP contribution in [-0.4, -0.2) is 31.1 Å². The largest absolute Gasteiger partial charge is 0.369 e. The predicted octanol–water partition coefficient (Wildman–Crippen LogP) is 2.56. The SMILES string of the molecule is C=C/C(=C\C=C/C)N1CCNCC1.CC. The van der Waals surface area contributed by atoms with Crippen LogP contribution in [0, 0.1) is 0 Å². The van der Waals surface area contributed by atoms with Gasteiger partial charge >= 0.3 is 0 Å². The summed E-state index contributed by atoms with van der Waals surface area (Å²) < 4.78 is 0. The van der Waals surface area contributed by atoms with E-state index >= 15 is 0 Å². The number of hydrogen-bond donors (Lipinski definition) is 1. The van der Waals surface area contributed by atoms with Gasteiger partial charge in [0.15, 0.2) is 0 Å². The highest BCUT2D eigenvalue weighted by Crippen LogP contribution is 2.06. The van der Waals surface area contributed by atoms with Gasteiger partial charge in [0.1, 0.15) is 0 Å². The van der Waals surface area contributed by atoms with E-state index in [2.05, 4.69) is 28.9 Å². The molecule has 2 heteroatoms. The van der Waals surface area contributed by atoms with E-state index in [0.717, 1.165) is 26.2 Å². The van der Waals surface area contributed by atoms with Gasteiger partial charge in [0, 0.05) is 31.9 Å². The fourth-order valence-corrected chi connectivity index (χ4v) is 1.42. The number of nitrogens with one attached hydrogen (secondary N) is 1. The van der Waals surface area contributed by atoms with Crippen molar-refractivity contribution in [3.8, 4) is 0 Å². The molecule has 0 aromatic carbocycles. The zero-order valence-corrected chi connectivity index (χ0v) is 10.3. The lowest BCUT2D eigenvalue weighted by Crippen LogP contribution is -2.42. The third-order valence-electron chi connectivity index (χ3n) is 2.15. The van der Waals surface area contributed by atoms with Crippen LogP contribution >= 0.6 is 0 Å². The normalized spacial score (nSPS) is 17.3. The van der Waals surface area contributed by atoms with Crippen molar-refractivity contribution in [1.29, 1.82) is 0 Å². The molecule has 0 unspecified atom stereocenters. The van der Waals surface area contributed by atoms with E-state index in [4.69, 9.17) is 0 Å². The molecule has 0 saturated carbocycles. The molecule has 1 fully saturated rings. The van der Waals surface area contributed by atoms with Gasteiger partial charge in [-0.05, 0) is 19.1 Å². The maximum atomic E-state index is 3.82. The second-order valence-electron chi connectivity index (χ2n) is 3.06. The Labute approximate surface area is 94.4 Å². The number of hydrogen-bond acceptors (Lipinski definition) is 2. The highest BCUT2D eigenvalue weighted by molar-refractivity contribution is 5.21. The Hall–Kier alpha value is -1.02. The van der Waals surface area contributed by atoms with Gasteiger partial charge in [0.05, 0.1) is 0 Å². The van der Waals surface area contributed by atoms with Gasteiger partial charge in [0.25, 0.3) is 0 Å². The van der Waals surface area contributed by atoms with Gasteiger partial charge in [0.2, 0.25) is 0 Å². The molecule has 0 aliphatic carbocycles. The Morgan fingerprint density at radius 3 is 2.33 bits per heavy atom. The van der Waals surface area contributed by atoms with Crippen molar-refractivity contribution in [3.63, 3.8) is 0 Å². The molecule has 0 amide bonds. The van der Waals surface area contributed by atoms with Crippen LogP contribution in [0.25, 0.3) is 0 Å². The van der Waals surface area contributed by atoms with Crippen molar-refractivity contribution < 1.29 is 0 Å². The lowest BCUT2D eigenvalue weighted by atomic mass is 10.2. The van der Waals surface area contributed by atoms with Gasteiger partial charge in [-0.25, -0.2) is 0 Å². The van der Waals surface area contributed by atoms with Crippen LogP contribution in [-0.2, 0) is 0 Å². The Bertz CT molecular complexity index is 211. The summed E-state index contributed by atoms with van der Waals surface area (Å²) in [5.74, 6) is 0. The molecule has 1 rings (SSSR count). The third kappa shape index (κ3) is 5.43. The van der Waals surface area contributed by atoms with Gasteiger partial charge in [-0.15, -0.1) is 0 Å². The minimum absolute atomic E-state index is 1.07. The Kier molecular flexibility index (Phi) is 8.88. The van der Waals surface area contributed by atoms with Crippen LogP contribution in [0.5, 0.6) is 0 Å². The molecule has 1 aliphatic heterocycles. The monoisotopic (exact) mass is 208 g/mol. The first-order valence-corrected chi connectivity index (χ1v) is 5.79. The van der Waals surface area contributed by atoms with Gasteiger partial charge in [-0.3, -0.25) is 0 Å². The van der Waals surface area contributed by atoms with Crippen LogP contribution in [0.1, 0.15) is 20.8 Å². The van der Waals surface area contributed by atoms with E-state index in [1.807, 2.05) is 32.9 Å². The van der Waals surface area contributed by atoms with Crippen molar-refractivity contribution in [2.45, 2.75) is 20.8 Å². The Morgan fingerprint density at radius 1 is 1.27 bits per heavy atom. The summed E-state index contributed by atoms with van der Waals surface area (Å²) in [6.45, 7) is 14.1. The van der Waals surface area contributed by atoms with E-state index in [1.165, 1.54) is 5.70 Å². The molecule has 0 aromatic heterocycles. The molecule has 0 radical (unpaired) electrons. The van der Waals surface area contributed by atoms with E-state index in [0.29, 0.717) is 0 Å². The highest BCUT2D eigenvalue weighted by Gasteiger charge is 2.09. The average molecular weight is 208 g/mol. The number of allylic oxidation sites excluding steroid dienone is 4. The first kappa shape index (κ1) is 14.0. The molecule has 0 aromatic rings. The molecule has 0 spiro atoms. The number of rotatable bonds is 3. The standard InChI is InChI=1S/C11H18N2.C2H6/c1-3-5-6-11(4-2)13-9-7-12-8-10-13;1-2/h3-6,12H,2,7-10H2,1H3;1-2H3/b5-3-,11-6+;. The molecular weight excluding hydrogens is 184 g/mol. The molecule has 1 saturated heterocycles. The number of piperazine rings is 1. The first-order chi connectivity index (χ1) is 7.38. The molecule has 15 heavy (non-hydrogen) atoms. The second kappa shape index (κ2) is 9.53. The van der Waals surface area contributed by atoms with Crippen molar-refractivity contribution in [1.82, 2.24) is 10.2 Å². The minimum Gasteiger partial charge on any atom is -0.369 e. The molecule has 1 N–H and O–H groups in total. The predicted molar refractivity (Wildman–Crippen MR) is 68.9 cm³/mol. The molecular formula is C13H24N2. The van der Waals surface area contributed by atoms with Gasteiger partial charge < -0.3 is 10.2 Å². The van der Waals surface area contributed by atoms with Crippen LogP contribution in [0.2, 0.25) is 0 Å². The lowest BCUT2D eigenvalue weighted by molar-refractivity contribution is 0.307. The molecule has 86 valence electrons. The molecule has 1 heterocycles. The molecule has 0 bridgehead atoms. The van der Waals surface area contributed by atoms with Crippen molar-refractivity contribution in [2.24, 2.45) is 0 Å². The van der Waals surface area contributed by atoms with Crippen molar-refractivity contribution in [2.75, 3.05) is 26.2 Å². The van der Waals surface area contributed by atoms with E-state index < -0.39 is 0 Å². The zero-order chi connectivity index (χ0) is 11.5. The maximum absolute atomic E-state index is 3.82. The summed E-state index contributed by atoms with van der Waals surface area (Å²) >= 11 is 0. The first-order valence-electron chi connectivity index (χ1n) is 5.79. The highest BCUT2D eigenvalue weighted by atomic mass is 15.2. The summed E-state index contributed by atoms with van der Waals surface area (Å²) in [7, 11) is 0. The average Bonchev–Trinajstić information content (AvgIpc) is 2.34. The minimum atomic E-state index is 1.07. The van der Waals surface area contributed by atoms with E-state index in [1.54, 1.807) is 0 Å². The Balaban J connectivity index is 0.000000921. The smallest absolute Gasteiger partial charge is 0.0361 e. The molecule has 1 aliphatic rings. The summed E-state index contributed by atoms with van der Waals surface area (Å²) in [6.07, 6.45) is 8.12. The topological polar surface area (TPSA) is 15.3 Å². The lowest BCUT2D eigenvalue weighted by Gasteiger charge is -2.30. The third-order valence-corrected chi connectivity index (χ3v) is 2.15. The van der Waals surface area contributed by atoms with E-state index in [-0.39, 0.29) is 0 Å². The summed E-state index contributed by atoms with van der Waals surface area (Å²) in [5, 5.41) is 3.33. The van der Waals surface area contributed by atoms with Crippen LogP contribution in [0.15, 0.2) is 36.6 Å². The quantitative estimate of drug-likeness (QED) is 0.717. The van der Waals surface area contributed by atoms with Crippen LogP contribution in [0.4, 0.5) is 0 Å².